The number of pyridine rings is 1. The number of anilines is 1. The van der Waals surface area contributed by atoms with Crippen LogP contribution in [0.3, 0.4) is 0 Å². The predicted molar refractivity (Wildman–Crippen MR) is 89.6 cm³/mol. The molecule has 0 bridgehead atoms. The first-order chi connectivity index (χ1) is 11.0. The van der Waals surface area contributed by atoms with Crippen LogP contribution in [0.5, 0.6) is 0 Å². The minimum absolute atomic E-state index is 0.298. The second-order valence-corrected chi connectivity index (χ2v) is 7.69. The van der Waals surface area contributed by atoms with Crippen molar-refractivity contribution >= 4 is 32.5 Å². The van der Waals surface area contributed by atoms with Gasteiger partial charge in [-0.3, -0.25) is 9.78 Å². The van der Waals surface area contributed by atoms with E-state index in [4.69, 9.17) is 0 Å². The van der Waals surface area contributed by atoms with Crippen molar-refractivity contribution < 1.29 is 13.2 Å². The molecule has 6 nitrogen and oxygen atoms in total. The molecule has 7 heteroatoms. The Kier molecular flexibility index (Phi) is 4.32. The summed E-state index contributed by atoms with van der Waals surface area (Å²) in [5.41, 5.74) is 1.30. The Labute approximate surface area is 135 Å². The second kappa shape index (κ2) is 6.25. The smallest absolute Gasteiger partial charge is 0.242 e. The van der Waals surface area contributed by atoms with Crippen LogP contribution in [0.1, 0.15) is 19.3 Å². The van der Waals surface area contributed by atoms with Gasteiger partial charge in [0.05, 0.1) is 17.5 Å². The highest BCUT2D eigenvalue weighted by Crippen LogP contribution is 2.24. The van der Waals surface area contributed by atoms with Crippen LogP contribution in [0.15, 0.2) is 36.5 Å². The number of carbonyl (C=O) groups excluding carboxylic acids is 1. The Balaban J connectivity index is 1.88. The molecule has 0 aliphatic carbocycles. The van der Waals surface area contributed by atoms with Gasteiger partial charge >= 0.3 is 0 Å². The van der Waals surface area contributed by atoms with Gasteiger partial charge in [0.1, 0.15) is 6.04 Å². The van der Waals surface area contributed by atoms with Crippen molar-refractivity contribution in [1.82, 2.24) is 9.29 Å². The number of fused-ring (bicyclic) bond motifs is 1. The number of benzene rings is 1. The molecule has 1 aromatic heterocycles. The van der Waals surface area contributed by atoms with E-state index in [0.717, 1.165) is 24.5 Å². The first-order valence-corrected chi connectivity index (χ1v) is 9.43. The van der Waals surface area contributed by atoms with Crippen LogP contribution in [-0.2, 0) is 14.8 Å². The highest BCUT2D eigenvalue weighted by Gasteiger charge is 2.34. The van der Waals surface area contributed by atoms with Crippen LogP contribution in [0.25, 0.3) is 10.9 Å². The zero-order valence-electron chi connectivity index (χ0n) is 12.9. The molecule has 23 heavy (non-hydrogen) atoms. The van der Waals surface area contributed by atoms with Gasteiger partial charge in [0.2, 0.25) is 15.9 Å². The predicted octanol–water partition coefficient (Wildman–Crippen LogP) is 1.99. The Hall–Kier alpha value is -1.99. The molecule has 1 N–H and O–H groups in total. The zero-order valence-corrected chi connectivity index (χ0v) is 13.7. The van der Waals surface area contributed by atoms with E-state index >= 15 is 0 Å². The first kappa shape index (κ1) is 15.9. The average molecular weight is 333 g/mol. The normalized spacial score (nSPS) is 19.6. The lowest BCUT2D eigenvalue weighted by Crippen LogP contribution is -2.49. The van der Waals surface area contributed by atoms with E-state index < -0.39 is 16.1 Å². The van der Waals surface area contributed by atoms with Crippen molar-refractivity contribution in [2.45, 2.75) is 25.3 Å². The van der Waals surface area contributed by atoms with Crippen molar-refractivity contribution in [3.8, 4) is 0 Å². The molecule has 1 saturated heterocycles. The topological polar surface area (TPSA) is 79.4 Å². The standard InChI is InChI=1S/C16H19N3O3S/c1-23(21,22)19-11-3-2-9-14(19)16(20)18-13-8-4-6-12-7-5-10-17-15(12)13/h4-8,10,14H,2-3,9,11H2,1H3,(H,18,20)/t14-/m0/s1. The van der Waals surface area contributed by atoms with Gasteiger partial charge in [-0.2, -0.15) is 4.31 Å². The molecule has 0 saturated carbocycles. The summed E-state index contributed by atoms with van der Waals surface area (Å²) in [5.74, 6) is -0.298. The van der Waals surface area contributed by atoms with Crippen molar-refractivity contribution in [3.63, 3.8) is 0 Å². The number of aromatic nitrogens is 1. The lowest BCUT2D eigenvalue weighted by Gasteiger charge is -2.32. The number of hydrogen-bond donors (Lipinski definition) is 1. The fourth-order valence-electron chi connectivity index (χ4n) is 2.99. The zero-order chi connectivity index (χ0) is 16.4. The van der Waals surface area contributed by atoms with E-state index in [1.54, 1.807) is 12.3 Å². The van der Waals surface area contributed by atoms with Gasteiger partial charge in [-0.15, -0.1) is 0 Å². The Bertz CT molecular complexity index is 830. The summed E-state index contributed by atoms with van der Waals surface area (Å²) >= 11 is 0. The summed E-state index contributed by atoms with van der Waals surface area (Å²) in [6, 6.07) is 8.64. The summed E-state index contributed by atoms with van der Waals surface area (Å²) in [6.07, 6.45) is 4.99. The summed E-state index contributed by atoms with van der Waals surface area (Å²) < 4.78 is 25.1. The maximum atomic E-state index is 12.6. The van der Waals surface area contributed by atoms with E-state index in [1.165, 1.54) is 4.31 Å². The molecule has 1 atom stereocenters. The van der Waals surface area contributed by atoms with Crippen molar-refractivity contribution in [2.24, 2.45) is 0 Å². The molecule has 2 aromatic rings. The van der Waals surface area contributed by atoms with Crippen molar-refractivity contribution in [3.05, 3.63) is 36.5 Å². The summed E-state index contributed by atoms with van der Waals surface area (Å²) in [5, 5.41) is 3.77. The first-order valence-electron chi connectivity index (χ1n) is 7.58. The van der Waals surface area contributed by atoms with Crippen LogP contribution in [0, 0.1) is 0 Å². The minimum Gasteiger partial charge on any atom is -0.323 e. The molecule has 122 valence electrons. The van der Waals surface area contributed by atoms with Crippen molar-refractivity contribution in [1.29, 1.82) is 0 Å². The molecule has 1 aliphatic rings. The summed E-state index contributed by atoms with van der Waals surface area (Å²) in [7, 11) is -3.40. The number of hydrogen-bond acceptors (Lipinski definition) is 4. The number of piperidine rings is 1. The minimum atomic E-state index is -3.40. The number of sulfonamides is 1. The van der Waals surface area contributed by atoms with Crippen LogP contribution in [-0.4, -0.2) is 42.5 Å². The highest BCUT2D eigenvalue weighted by molar-refractivity contribution is 7.88. The molecule has 1 aromatic carbocycles. The number of rotatable bonds is 3. The molecular weight excluding hydrogens is 314 g/mol. The third kappa shape index (κ3) is 3.35. The van der Waals surface area contributed by atoms with E-state index in [9.17, 15) is 13.2 Å². The van der Waals surface area contributed by atoms with Crippen LogP contribution >= 0.6 is 0 Å². The number of amides is 1. The van der Waals surface area contributed by atoms with E-state index in [2.05, 4.69) is 10.3 Å². The van der Waals surface area contributed by atoms with Crippen molar-refractivity contribution in [2.75, 3.05) is 18.1 Å². The monoisotopic (exact) mass is 333 g/mol. The van der Waals surface area contributed by atoms with Crippen LogP contribution < -0.4 is 5.32 Å². The van der Waals surface area contributed by atoms with E-state index in [1.807, 2.05) is 24.3 Å². The summed E-state index contributed by atoms with van der Waals surface area (Å²) in [6.45, 7) is 0.394. The lowest BCUT2D eigenvalue weighted by molar-refractivity contribution is -0.120. The van der Waals surface area contributed by atoms with Gasteiger partial charge in [-0.05, 0) is 25.0 Å². The van der Waals surface area contributed by atoms with E-state index in [-0.39, 0.29) is 5.91 Å². The molecule has 1 fully saturated rings. The maximum absolute atomic E-state index is 12.6. The van der Waals surface area contributed by atoms with Gasteiger partial charge in [0.15, 0.2) is 0 Å². The fraction of sp³-hybridized carbons (Fsp3) is 0.375. The number of nitrogens with one attached hydrogen (secondary N) is 1. The fourth-order valence-corrected chi connectivity index (χ4v) is 4.11. The Morgan fingerprint density at radius 3 is 2.83 bits per heavy atom. The van der Waals surface area contributed by atoms with Gasteiger partial charge in [-0.1, -0.05) is 24.6 Å². The molecule has 0 unspecified atom stereocenters. The number of carbonyl (C=O) groups is 1. The van der Waals surface area contributed by atoms with Gasteiger partial charge in [0, 0.05) is 18.1 Å². The van der Waals surface area contributed by atoms with E-state index in [0.29, 0.717) is 24.2 Å². The molecular formula is C16H19N3O3S. The quantitative estimate of drug-likeness (QED) is 0.931. The molecule has 1 amide bonds. The van der Waals surface area contributed by atoms with Crippen LogP contribution in [0.2, 0.25) is 0 Å². The molecule has 0 spiro atoms. The van der Waals surface area contributed by atoms with Gasteiger partial charge < -0.3 is 5.32 Å². The van der Waals surface area contributed by atoms with Gasteiger partial charge in [-0.25, -0.2) is 8.42 Å². The second-order valence-electron chi connectivity index (χ2n) is 5.76. The number of para-hydroxylation sites is 1. The molecule has 2 heterocycles. The molecule has 0 radical (unpaired) electrons. The highest BCUT2D eigenvalue weighted by atomic mass is 32.2. The lowest BCUT2D eigenvalue weighted by atomic mass is 10.0. The third-order valence-electron chi connectivity index (χ3n) is 4.07. The number of nitrogens with zero attached hydrogens (tertiary/aromatic N) is 2. The summed E-state index contributed by atoms with van der Waals surface area (Å²) in [4.78, 5) is 16.9. The average Bonchev–Trinajstić information content (AvgIpc) is 2.54. The van der Waals surface area contributed by atoms with Crippen LogP contribution in [0.4, 0.5) is 5.69 Å². The Morgan fingerprint density at radius 1 is 1.26 bits per heavy atom. The SMILES string of the molecule is CS(=O)(=O)N1CCCC[C@H]1C(=O)Nc1cccc2cccnc12. The molecule has 3 rings (SSSR count). The van der Waals surface area contributed by atoms with Gasteiger partial charge in [0.25, 0.3) is 0 Å². The largest absolute Gasteiger partial charge is 0.323 e. The molecule has 1 aliphatic heterocycles. The Morgan fingerprint density at radius 2 is 2.04 bits per heavy atom. The maximum Gasteiger partial charge on any atom is 0.242 e. The third-order valence-corrected chi connectivity index (χ3v) is 5.36.